The maximum absolute atomic E-state index is 13.1. The molecule has 1 amide bonds. The van der Waals surface area contributed by atoms with Crippen LogP contribution in [0.3, 0.4) is 0 Å². The van der Waals surface area contributed by atoms with Gasteiger partial charge >= 0.3 is 0 Å². The number of nitriles is 1. The SMILES string of the molecule is CC[C@@H](C)n1c(S[C@H](C)C(=O)NC2(C#N)CCCCC2)nc2ccccc2c1=O. The summed E-state index contributed by atoms with van der Waals surface area (Å²) >= 11 is 1.28. The molecule has 1 aliphatic rings. The highest BCUT2D eigenvalue weighted by atomic mass is 32.2. The lowest BCUT2D eigenvalue weighted by Gasteiger charge is -2.32. The van der Waals surface area contributed by atoms with E-state index in [2.05, 4.69) is 11.4 Å². The van der Waals surface area contributed by atoms with E-state index in [1.54, 1.807) is 17.6 Å². The van der Waals surface area contributed by atoms with Gasteiger partial charge < -0.3 is 5.32 Å². The zero-order chi connectivity index (χ0) is 21.0. The van der Waals surface area contributed by atoms with Crippen molar-refractivity contribution in [1.82, 2.24) is 14.9 Å². The first-order valence-electron chi connectivity index (χ1n) is 10.3. The molecule has 2 atom stereocenters. The summed E-state index contributed by atoms with van der Waals surface area (Å²) in [7, 11) is 0. The van der Waals surface area contributed by atoms with E-state index in [-0.39, 0.29) is 17.5 Å². The largest absolute Gasteiger partial charge is 0.337 e. The summed E-state index contributed by atoms with van der Waals surface area (Å²) < 4.78 is 1.69. The molecule has 154 valence electrons. The second kappa shape index (κ2) is 9.00. The van der Waals surface area contributed by atoms with Gasteiger partial charge in [0.25, 0.3) is 5.56 Å². The Labute approximate surface area is 175 Å². The standard InChI is InChI=1S/C22H28N4O2S/c1-4-15(2)26-20(28)17-10-6-7-11-18(17)24-21(26)29-16(3)19(27)25-22(14-23)12-8-5-9-13-22/h6-7,10-11,15-16H,4-5,8-9,12-13H2,1-3H3,(H,25,27)/t15-,16-/m1/s1. The molecule has 1 aromatic carbocycles. The second-order valence-corrected chi connectivity index (χ2v) is 9.16. The monoisotopic (exact) mass is 412 g/mol. The molecule has 0 spiro atoms. The van der Waals surface area contributed by atoms with Gasteiger partial charge in [0.05, 0.1) is 22.2 Å². The summed E-state index contributed by atoms with van der Waals surface area (Å²) in [6, 6.07) is 9.59. The van der Waals surface area contributed by atoms with Crippen LogP contribution in [0, 0.1) is 11.3 Å². The van der Waals surface area contributed by atoms with Crippen LogP contribution in [0.4, 0.5) is 0 Å². The topological polar surface area (TPSA) is 87.8 Å². The summed E-state index contributed by atoms with van der Waals surface area (Å²) in [6.45, 7) is 5.81. The number of carbonyl (C=O) groups is 1. The molecule has 1 saturated carbocycles. The molecule has 0 saturated heterocycles. The summed E-state index contributed by atoms with van der Waals surface area (Å²) in [5.74, 6) is -0.184. The molecule has 29 heavy (non-hydrogen) atoms. The quantitative estimate of drug-likeness (QED) is 0.568. The summed E-state index contributed by atoms with van der Waals surface area (Å²) in [6.07, 6.45) is 5.18. The highest BCUT2D eigenvalue weighted by molar-refractivity contribution is 8.00. The van der Waals surface area contributed by atoms with Crippen molar-refractivity contribution in [3.05, 3.63) is 34.6 Å². The van der Waals surface area contributed by atoms with Crippen LogP contribution in [-0.2, 0) is 4.79 Å². The Morgan fingerprint density at radius 2 is 2.00 bits per heavy atom. The molecule has 0 aliphatic heterocycles. The van der Waals surface area contributed by atoms with Gasteiger partial charge in [-0.05, 0) is 45.2 Å². The number of nitrogens with zero attached hydrogens (tertiary/aromatic N) is 3. The van der Waals surface area contributed by atoms with Gasteiger partial charge in [0, 0.05) is 6.04 Å². The van der Waals surface area contributed by atoms with Gasteiger partial charge in [-0.15, -0.1) is 0 Å². The number of hydrogen-bond acceptors (Lipinski definition) is 5. The second-order valence-electron chi connectivity index (χ2n) is 7.85. The molecule has 1 aromatic heterocycles. The Kier molecular flexibility index (Phi) is 6.63. The lowest BCUT2D eigenvalue weighted by atomic mass is 9.83. The van der Waals surface area contributed by atoms with Crippen molar-refractivity contribution in [1.29, 1.82) is 5.26 Å². The highest BCUT2D eigenvalue weighted by Crippen LogP contribution is 2.30. The van der Waals surface area contributed by atoms with E-state index in [1.165, 1.54) is 11.8 Å². The molecule has 0 unspecified atom stereocenters. The fourth-order valence-electron chi connectivity index (χ4n) is 3.75. The molecule has 0 radical (unpaired) electrons. The van der Waals surface area contributed by atoms with Gasteiger partial charge in [0.1, 0.15) is 5.54 Å². The van der Waals surface area contributed by atoms with Crippen molar-refractivity contribution in [2.75, 3.05) is 0 Å². The van der Waals surface area contributed by atoms with Crippen LogP contribution in [0.5, 0.6) is 0 Å². The van der Waals surface area contributed by atoms with Crippen molar-refractivity contribution in [3.63, 3.8) is 0 Å². The van der Waals surface area contributed by atoms with Crippen LogP contribution in [0.1, 0.15) is 65.3 Å². The maximum atomic E-state index is 13.1. The van der Waals surface area contributed by atoms with E-state index in [9.17, 15) is 14.9 Å². The van der Waals surface area contributed by atoms with Gasteiger partial charge in [-0.25, -0.2) is 4.98 Å². The van der Waals surface area contributed by atoms with E-state index >= 15 is 0 Å². The smallest absolute Gasteiger partial charge is 0.262 e. The number of hydrogen-bond donors (Lipinski definition) is 1. The minimum atomic E-state index is -0.767. The van der Waals surface area contributed by atoms with Gasteiger partial charge in [0.15, 0.2) is 5.16 Å². The first-order valence-corrected chi connectivity index (χ1v) is 11.2. The number of benzene rings is 1. The van der Waals surface area contributed by atoms with Crippen molar-refractivity contribution >= 4 is 28.6 Å². The van der Waals surface area contributed by atoms with Crippen molar-refractivity contribution in [2.24, 2.45) is 0 Å². The summed E-state index contributed by atoms with van der Waals surface area (Å²) in [5, 5.41) is 13.3. The first-order chi connectivity index (χ1) is 13.9. The van der Waals surface area contributed by atoms with Crippen LogP contribution < -0.4 is 10.9 Å². The Balaban J connectivity index is 1.89. The number of carbonyl (C=O) groups excluding carboxylic acids is 1. The fourth-order valence-corrected chi connectivity index (χ4v) is 4.76. The number of amides is 1. The third kappa shape index (κ3) is 4.48. The van der Waals surface area contributed by atoms with Gasteiger partial charge in [-0.2, -0.15) is 5.26 Å². The first kappa shape index (κ1) is 21.4. The number of nitrogens with one attached hydrogen (secondary N) is 1. The van der Waals surface area contributed by atoms with E-state index in [4.69, 9.17) is 4.98 Å². The van der Waals surface area contributed by atoms with Gasteiger partial charge in [-0.1, -0.05) is 50.1 Å². The lowest BCUT2D eigenvalue weighted by Crippen LogP contribution is -2.51. The number of aromatic nitrogens is 2. The Hall–Kier alpha value is -2.33. The fraction of sp³-hybridized carbons (Fsp3) is 0.545. The zero-order valence-electron chi connectivity index (χ0n) is 17.3. The van der Waals surface area contributed by atoms with E-state index in [0.717, 1.165) is 25.7 Å². The minimum Gasteiger partial charge on any atom is -0.337 e. The van der Waals surface area contributed by atoms with Crippen molar-refractivity contribution in [3.8, 4) is 6.07 Å². The van der Waals surface area contributed by atoms with Gasteiger partial charge in [-0.3, -0.25) is 14.2 Å². The van der Waals surface area contributed by atoms with Crippen molar-refractivity contribution < 1.29 is 4.79 Å². The van der Waals surface area contributed by atoms with Crippen LogP contribution in [-0.4, -0.2) is 26.2 Å². The summed E-state index contributed by atoms with van der Waals surface area (Å²) in [4.78, 5) is 30.7. The molecule has 7 heteroatoms. The third-order valence-electron chi connectivity index (χ3n) is 5.74. The Morgan fingerprint density at radius 1 is 1.31 bits per heavy atom. The van der Waals surface area contributed by atoms with Crippen LogP contribution in [0.15, 0.2) is 34.2 Å². The van der Waals surface area contributed by atoms with E-state index < -0.39 is 10.8 Å². The zero-order valence-corrected chi connectivity index (χ0v) is 18.1. The van der Waals surface area contributed by atoms with E-state index in [0.29, 0.717) is 28.9 Å². The van der Waals surface area contributed by atoms with E-state index in [1.807, 2.05) is 32.0 Å². The average Bonchev–Trinajstić information content (AvgIpc) is 2.74. The van der Waals surface area contributed by atoms with Gasteiger partial charge in [0.2, 0.25) is 5.91 Å². The molecule has 1 aliphatic carbocycles. The van der Waals surface area contributed by atoms with Crippen LogP contribution in [0.25, 0.3) is 10.9 Å². The molecule has 2 aromatic rings. The molecule has 0 bridgehead atoms. The molecule has 6 nitrogen and oxygen atoms in total. The lowest BCUT2D eigenvalue weighted by molar-refractivity contribution is -0.121. The molecule has 3 rings (SSSR count). The predicted molar refractivity (Wildman–Crippen MR) is 116 cm³/mol. The number of thioether (sulfide) groups is 1. The normalized spacial score (nSPS) is 18.0. The van der Waals surface area contributed by atoms with Crippen molar-refractivity contribution in [2.45, 2.75) is 81.3 Å². The predicted octanol–water partition coefficient (Wildman–Crippen LogP) is 4.19. The third-order valence-corrected chi connectivity index (χ3v) is 6.81. The molecule has 1 N–H and O–H groups in total. The molecule has 1 fully saturated rings. The maximum Gasteiger partial charge on any atom is 0.262 e. The van der Waals surface area contributed by atoms with Crippen LogP contribution in [0.2, 0.25) is 0 Å². The van der Waals surface area contributed by atoms with Crippen LogP contribution >= 0.6 is 11.8 Å². The minimum absolute atomic E-state index is 0.0267. The summed E-state index contributed by atoms with van der Waals surface area (Å²) in [5.41, 5.74) is -0.217. The molecule has 1 heterocycles. The highest BCUT2D eigenvalue weighted by Gasteiger charge is 2.35. The average molecular weight is 413 g/mol. The number of para-hydroxylation sites is 1. The Bertz CT molecular complexity index is 988. The Morgan fingerprint density at radius 3 is 2.66 bits per heavy atom. The number of fused-ring (bicyclic) bond motifs is 1. The molecular formula is C22H28N4O2S. The number of rotatable bonds is 6. The molecular weight excluding hydrogens is 384 g/mol.